The third-order valence-electron chi connectivity index (χ3n) is 6.11. The Hall–Kier alpha value is -1.87. The van der Waals surface area contributed by atoms with Crippen LogP contribution in [0.1, 0.15) is 50.0 Å². The molecule has 130 valence electrons. The number of hydrogen-bond acceptors (Lipinski definition) is 2. The average Bonchev–Trinajstić information content (AvgIpc) is 2.67. The van der Waals surface area contributed by atoms with Crippen LogP contribution in [0.3, 0.4) is 0 Å². The van der Waals surface area contributed by atoms with Crippen LogP contribution in [0.4, 0.5) is 5.69 Å². The molecule has 1 spiro atoms. The molecule has 1 N–H and O–H groups in total. The summed E-state index contributed by atoms with van der Waals surface area (Å²) in [7, 11) is 0. The monoisotopic (exact) mass is 351 g/mol. The largest absolute Gasteiger partial charge is 0.467 e. The maximum absolute atomic E-state index is 6.14. The third kappa shape index (κ3) is 3.57. The number of nitrogens with one attached hydrogen (secondary N) is 1. The van der Waals surface area contributed by atoms with Crippen LogP contribution in [-0.4, -0.2) is 11.3 Å². The van der Waals surface area contributed by atoms with Crippen LogP contribution in [0.25, 0.3) is 0 Å². The van der Waals surface area contributed by atoms with Gasteiger partial charge < -0.3 is 10.1 Å². The Morgan fingerprint density at radius 2 is 1.48 bits per heavy atom. The molecule has 0 bridgehead atoms. The molecule has 3 heteroatoms. The Morgan fingerprint density at radius 1 is 0.880 bits per heavy atom. The van der Waals surface area contributed by atoms with Crippen molar-refractivity contribution in [2.45, 2.75) is 50.5 Å². The molecule has 2 aromatic rings. The van der Waals surface area contributed by atoms with Crippen molar-refractivity contribution in [1.29, 1.82) is 0 Å². The molecule has 0 heterocycles. The van der Waals surface area contributed by atoms with Crippen molar-refractivity contribution >= 4 is 23.1 Å². The van der Waals surface area contributed by atoms with Crippen LogP contribution in [-0.2, 0) is 4.74 Å². The highest BCUT2D eigenvalue weighted by Gasteiger charge is 2.50. The van der Waals surface area contributed by atoms with E-state index in [4.69, 9.17) is 17.0 Å². The van der Waals surface area contributed by atoms with Gasteiger partial charge in [-0.2, -0.15) is 0 Å². The summed E-state index contributed by atoms with van der Waals surface area (Å²) >= 11 is 5.43. The molecule has 0 aliphatic heterocycles. The minimum absolute atomic E-state index is 0.285. The third-order valence-corrected chi connectivity index (χ3v) is 6.31. The van der Waals surface area contributed by atoms with Gasteiger partial charge in [0.25, 0.3) is 5.17 Å². The Balaban J connectivity index is 1.32. The summed E-state index contributed by atoms with van der Waals surface area (Å²) in [6.45, 7) is 0. The Bertz CT molecular complexity index is 707. The molecule has 4 rings (SSSR count). The highest BCUT2D eigenvalue weighted by molar-refractivity contribution is 7.80. The van der Waals surface area contributed by atoms with Gasteiger partial charge in [-0.25, -0.2) is 0 Å². The zero-order valence-electron chi connectivity index (χ0n) is 14.5. The van der Waals surface area contributed by atoms with Gasteiger partial charge in [0.1, 0.15) is 6.10 Å². The van der Waals surface area contributed by atoms with E-state index in [2.05, 4.69) is 35.6 Å². The lowest BCUT2D eigenvalue weighted by Crippen LogP contribution is -2.49. The van der Waals surface area contributed by atoms with E-state index in [1.807, 2.05) is 30.3 Å². The van der Waals surface area contributed by atoms with Gasteiger partial charge >= 0.3 is 0 Å². The van der Waals surface area contributed by atoms with Gasteiger partial charge in [0.2, 0.25) is 0 Å². The number of ether oxygens (including phenoxy) is 1. The number of rotatable bonds is 3. The molecule has 0 saturated heterocycles. The SMILES string of the molecule is S=C(Nc1ccccc1)O[C@H]1CCC12CCC(c1ccccc1)CC2. The second-order valence-electron chi connectivity index (χ2n) is 7.47. The molecule has 2 aliphatic rings. The standard InChI is InChI=1S/C22H25NOS/c25-21(23-19-9-5-2-6-10-19)24-20-13-16-22(20)14-11-18(12-15-22)17-7-3-1-4-8-17/h1-10,18,20H,11-16H2,(H,23,25)/t18?,20-,22?/m0/s1. The van der Waals surface area contributed by atoms with E-state index in [9.17, 15) is 0 Å². The van der Waals surface area contributed by atoms with Crippen molar-refractivity contribution < 1.29 is 4.74 Å². The smallest absolute Gasteiger partial charge is 0.261 e. The zero-order chi connectivity index (χ0) is 17.1. The molecule has 2 aliphatic carbocycles. The molecule has 2 fully saturated rings. The lowest BCUT2D eigenvalue weighted by molar-refractivity contribution is -0.0789. The molecule has 25 heavy (non-hydrogen) atoms. The van der Waals surface area contributed by atoms with Gasteiger partial charge in [-0.1, -0.05) is 48.5 Å². The summed E-state index contributed by atoms with van der Waals surface area (Å²) in [6, 6.07) is 21.0. The molecule has 2 nitrogen and oxygen atoms in total. The van der Waals surface area contributed by atoms with Gasteiger partial charge in [0.05, 0.1) is 0 Å². The molecule has 2 saturated carbocycles. The first kappa shape index (κ1) is 16.6. The van der Waals surface area contributed by atoms with Gasteiger partial charge in [-0.3, -0.25) is 0 Å². The first-order chi connectivity index (χ1) is 12.3. The number of thiocarbonyl (C=S) groups is 1. The second-order valence-corrected chi connectivity index (χ2v) is 7.84. The summed E-state index contributed by atoms with van der Waals surface area (Å²) in [6.07, 6.45) is 7.75. The molecular formula is C22H25NOS. The van der Waals surface area contributed by atoms with Crippen molar-refractivity contribution in [3.63, 3.8) is 0 Å². The molecule has 2 aromatic carbocycles. The first-order valence-corrected chi connectivity index (χ1v) is 9.74. The van der Waals surface area contributed by atoms with E-state index >= 15 is 0 Å². The van der Waals surface area contributed by atoms with Crippen LogP contribution in [0, 0.1) is 5.41 Å². The van der Waals surface area contributed by atoms with Crippen LogP contribution in [0.2, 0.25) is 0 Å². The van der Waals surface area contributed by atoms with Gasteiger partial charge in [0, 0.05) is 11.1 Å². The molecule has 0 amide bonds. The Morgan fingerprint density at radius 3 is 2.08 bits per heavy atom. The fourth-order valence-corrected chi connectivity index (χ4v) is 4.71. The Kier molecular flexibility index (Phi) is 4.76. The number of anilines is 1. The highest BCUT2D eigenvalue weighted by atomic mass is 32.1. The normalized spacial score (nSPS) is 28.2. The molecule has 0 radical (unpaired) electrons. The lowest BCUT2D eigenvalue weighted by Gasteiger charge is -2.52. The quantitative estimate of drug-likeness (QED) is 0.695. The van der Waals surface area contributed by atoms with Crippen LogP contribution >= 0.6 is 12.2 Å². The van der Waals surface area contributed by atoms with Gasteiger partial charge in [0.15, 0.2) is 0 Å². The predicted molar refractivity (Wildman–Crippen MR) is 107 cm³/mol. The van der Waals surface area contributed by atoms with Crippen molar-refractivity contribution in [2.75, 3.05) is 5.32 Å². The maximum Gasteiger partial charge on any atom is 0.261 e. The second kappa shape index (κ2) is 7.17. The van der Waals surface area contributed by atoms with Crippen molar-refractivity contribution in [3.05, 3.63) is 66.2 Å². The van der Waals surface area contributed by atoms with Gasteiger partial charge in [-0.05, 0) is 74.4 Å². The lowest BCUT2D eigenvalue weighted by atomic mass is 9.56. The highest BCUT2D eigenvalue weighted by Crippen LogP contribution is 2.55. The van der Waals surface area contributed by atoms with E-state index in [1.54, 1.807) is 0 Å². The first-order valence-electron chi connectivity index (χ1n) is 9.33. The minimum atomic E-state index is 0.285. The van der Waals surface area contributed by atoms with Crippen LogP contribution in [0.5, 0.6) is 0 Å². The van der Waals surface area contributed by atoms with E-state index in [0.29, 0.717) is 16.5 Å². The van der Waals surface area contributed by atoms with Crippen LogP contribution < -0.4 is 5.32 Å². The number of para-hydroxylation sites is 1. The zero-order valence-corrected chi connectivity index (χ0v) is 15.3. The fourth-order valence-electron chi connectivity index (χ4n) is 4.48. The molecule has 0 unspecified atom stereocenters. The van der Waals surface area contributed by atoms with E-state index in [0.717, 1.165) is 12.1 Å². The number of hydrogen-bond donors (Lipinski definition) is 1. The summed E-state index contributed by atoms with van der Waals surface area (Å²) in [5, 5.41) is 3.72. The molecular weight excluding hydrogens is 326 g/mol. The van der Waals surface area contributed by atoms with Crippen molar-refractivity contribution in [3.8, 4) is 0 Å². The van der Waals surface area contributed by atoms with E-state index in [-0.39, 0.29) is 6.10 Å². The summed E-state index contributed by atoms with van der Waals surface area (Å²) < 4.78 is 6.14. The Labute approximate surface area is 155 Å². The van der Waals surface area contributed by atoms with E-state index in [1.165, 1.54) is 37.7 Å². The predicted octanol–water partition coefficient (Wildman–Crippen LogP) is 5.91. The van der Waals surface area contributed by atoms with E-state index < -0.39 is 0 Å². The van der Waals surface area contributed by atoms with Gasteiger partial charge in [-0.15, -0.1) is 0 Å². The summed E-state index contributed by atoms with van der Waals surface area (Å²) in [5.41, 5.74) is 2.84. The minimum Gasteiger partial charge on any atom is -0.467 e. The molecule has 1 atom stereocenters. The topological polar surface area (TPSA) is 21.3 Å². The fraction of sp³-hybridized carbons (Fsp3) is 0.409. The summed E-state index contributed by atoms with van der Waals surface area (Å²) in [5.74, 6) is 0.711. The van der Waals surface area contributed by atoms with Crippen molar-refractivity contribution in [1.82, 2.24) is 0 Å². The van der Waals surface area contributed by atoms with Crippen LogP contribution in [0.15, 0.2) is 60.7 Å². The summed E-state index contributed by atoms with van der Waals surface area (Å²) in [4.78, 5) is 0. The number of benzene rings is 2. The van der Waals surface area contributed by atoms with Crippen molar-refractivity contribution in [2.24, 2.45) is 5.41 Å². The average molecular weight is 352 g/mol. The molecule has 0 aromatic heterocycles. The maximum atomic E-state index is 6.14.